The van der Waals surface area contributed by atoms with E-state index in [1.54, 1.807) is 14.2 Å². The van der Waals surface area contributed by atoms with E-state index in [1.165, 1.54) is 5.56 Å². The van der Waals surface area contributed by atoms with Crippen molar-refractivity contribution in [2.45, 2.75) is 32.6 Å². The lowest BCUT2D eigenvalue weighted by molar-refractivity contribution is -0.132. The third-order valence-electron chi connectivity index (χ3n) is 4.69. The number of piperidine rings is 1. The Morgan fingerprint density at radius 2 is 1.88 bits per heavy atom. The summed E-state index contributed by atoms with van der Waals surface area (Å²) in [6, 6.07) is 5.97. The van der Waals surface area contributed by atoms with Crippen LogP contribution < -0.4 is 14.8 Å². The molecule has 1 aromatic carbocycles. The number of rotatable bonds is 8. The number of nitrogens with one attached hydrogen (secondary N) is 1. The van der Waals surface area contributed by atoms with Crippen molar-refractivity contribution in [3.63, 3.8) is 0 Å². The minimum atomic E-state index is 0.278. The van der Waals surface area contributed by atoms with Gasteiger partial charge >= 0.3 is 0 Å². The van der Waals surface area contributed by atoms with E-state index < -0.39 is 0 Å². The van der Waals surface area contributed by atoms with Crippen LogP contribution in [0.25, 0.3) is 0 Å². The third kappa shape index (κ3) is 5.41. The minimum Gasteiger partial charge on any atom is -0.493 e. The predicted octanol–water partition coefficient (Wildman–Crippen LogP) is 2.48. The first-order valence-electron chi connectivity index (χ1n) is 8.83. The number of benzene rings is 1. The summed E-state index contributed by atoms with van der Waals surface area (Å²) in [7, 11) is 3.28. The normalized spacial score (nSPS) is 15.4. The van der Waals surface area contributed by atoms with Crippen molar-refractivity contribution in [2.24, 2.45) is 5.92 Å². The van der Waals surface area contributed by atoms with Gasteiger partial charge in [0.2, 0.25) is 5.91 Å². The highest BCUT2D eigenvalue weighted by atomic mass is 16.5. The quantitative estimate of drug-likeness (QED) is 0.742. The van der Waals surface area contributed by atoms with Crippen LogP contribution in [0.1, 0.15) is 31.7 Å². The Morgan fingerprint density at radius 3 is 2.54 bits per heavy atom. The van der Waals surface area contributed by atoms with Crippen molar-refractivity contribution < 1.29 is 14.3 Å². The largest absolute Gasteiger partial charge is 0.493 e. The summed E-state index contributed by atoms with van der Waals surface area (Å²) in [6.07, 6.45) is 3.76. The van der Waals surface area contributed by atoms with Crippen LogP contribution in [0.3, 0.4) is 0 Å². The number of carbonyl (C=O) groups is 1. The lowest BCUT2D eigenvalue weighted by Crippen LogP contribution is -2.39. The molecule has 0 unspecified atom stereocenters. The summed E-state index contributed by atoms with van der Waals surface area (Å²) < 4.78 is 10.6. The van der Waals surface area contributed by atoms with Crippen LogP contribution in [0.15, 0.2) is 18.2 Å². The third-order valence-corrected chi connectivity index (χ3v) is 4.69. The smallest absolute Gasteiger partial charge is 0.223 e. The van der Waals surface area contributed by atoms with Crippen molar-refractivity contribution in [3.8, 4) is 11.5 Å². The number of ether oxygens (including phenoxy) is 2. The Morgan fingerprint density at radius 1 is 1.17 bits per heavy atom. The molecule has 1 fully saturated rings. The highest BCUT2D eigenvalue weighted by Crippen LogP contribution is 2.27. The first-order chi connectivity index (χ1) is 11.6. The van der Waals surface area contributed by atoms with Crippen LogP contribution >= 0.6 is 0 Å². The van der Waals surface area contributed by atoms with Crippen LogP contribution in [0.2, 0.25) is 0 Å². The second kappa shape index (κ2) is 9.52. The molecule has 1 saturated heterocycles. The molecular formula is C19H30N2O3. The van der Waals surface area contributed by atoms with Gasteiger partial charge in [0.1, 0.15) is 0 Å². The van der Waals surface area contributed by atoms with Gasteiger partial charge in [-0.15, -0.1) is 0 Å². The second-order valence-electron chi connectivity index (χ2n) is 6.50. The predicted molar refractivity (Wildman–Crippen MR) is 95.7 cm³/mol. The van der Waals surface area contributed by atoms with E-state index in [4.69, 9.17) is 9.47 Å². The van der Waals surface area contributed by atoms with Crippen LogP contribution in [0.4, 0.5) is 0 Å². The van der Waals surface area contributed by atoms with Crippen LogP contribution in [-0.4, -0.2) is 51.2 Å². The van der Waals surface area contributed by atoms with Gasteiger partial charge in [0.05, 0.1) is 14.2 Å². The molecule has 0 spiro atoms. The zero-order chi connectivity index (χ0) is 17.4. The molecule has 1 N–H and O–H groups in total. The molecular weight excluding hydrogens is 304 g/mol. The van der Waals surface area contributed by atoms with Gasteiger partial charge in [0, 0.05) is 26.1 Å². The summed E-state index contributed by atoms with van der Waals surface area (Å²) in [5.74, 6) is 2.54. The maximum atomic E-state index is 12.1. The summed E-state index contributed by atoms with van der Waals surface area (Å²) in [4.78, 5) is 14.2. The standard InChI is InChI=1S/C19H30N2O3/c1-15-8-12-21(13-9-15)19(22)7-11-20-10-6-16-4-5-17(23-2)18(14-16)24-3/h4-5,14-15,20H,6-13H2,1-3H3. The van der Waals surface area contributed by atoms with Crippen molar-refractivity contribution in [1.29, 1.82) is 0 Å². The van der Waals surface area contributed by atoms with Crippen molar-refractivity contribution in [2.75, 3.05) is 40.4 Å². The molecule has 0 bridgehead atoms. The molecule has 1 aliphatic heterocycles. The molecule has 5 heteroatoms. The molecule has 1 aliphatic rings. The first-order valence-corrected chi connectivity index (χ1v) is 8.83. The van der Waals surface area contributed by atoms with E-state index in [-0.39, 0.29) is 5.91 Å². The van der Waals surface area contributed by atoms with Gasteiger partial charge in [-0.25, -0.2) is 0 Å². The van der Waals surface area contributed by atoms with Gasteiger partial charge in [-0.2, -0.15) is 0 Å². The van der Waals surface area contributed by atoms with E-state index in [0.717, 1.165) is 62.9 Å². The monoisotopic (exact) mass is 334 g/mol. The molecule has 0 aliphatic carbocycles. The minimum absolute atomic E-state index is 0.278. The van der Waals surface area contributed by atoms with Crippen molar-refractivity contribution in [3.05, 3.63) is 23.8 Å². The Kier molecular flexibility index (Phi) is 7.37. The van der Waals surface area contributed by atoms with E-state index >= 15 is 0 Å². The molecule has 134 valence electrons. The molecule has 1 amide bonds. The van der Waals surface area contributed by atoms with Gasteiger partial charge in [0.15, 0.2) is 11.5 Å². The van der Waals surface area contributed by atoms with Crippen molar-refractivity contribution >= 4 is 5.91 Å². The molecule has 24 heavy (non-hydrogen) atoms. The zero-order valence-electron chi connectivity index (χ0n) is 15.1. The van der Waals surface area contributed by atoms with E-state index in [2.05, 4.69) is 12.2 Å². The lowest BCUT2D eigenvalue weighted by Gasteiger charge is -2.30. The fourth-order valence-corrected chi connectivity index (χ4v) is 3.01. The highest BCUT2D eigenvalue weighted by molar-refractivity contribution is 5.76. The number of likely N-dealkylation sites (tertiary alicyclic amines) is 1. The summed E-state index contributed by atoms with van der Waals surface area (Å²) >= 11 is 0. The second-order valence-corrected chi connectivity index (χ2v) is 6.50. The summed E-state index contributed by atoms with van der Waals surface area (Å²) in [6.45, 7) is 5.69. The number of hydrogen-bond acceptors (Lipinski definition) is 4. The first kappa shape index (κ1) is 18.6. The van der Waals surface area contributed by atoms with E-state index in [9.17, 15) is 4.79 Å². The lowest BCUT2D eigenvalue weighted by atomic mass is 9.99. The number of methoxy groups -OCH3 is 2. The molecule has 1 heterocycles. The molecule has 0 saturated carbocycles. The van der Waals surface area contributed by atoms with Crippen molar-refractivity contribution in [1.82, 2.24) is 10.2 Å². The molecule has 2 rings (SSSR count). The fraction of sp³-hybridized carbons (Fsp3) is 0.632. The Hall–Kier alpha value is -1.75. The van der Waals surface area contributed by atoms with Gasteiger partial charge in [-0.3, -0.25) is 4.79 Å². The van der Waals surface area contributed by atoms with E-state index in [0.29, 0.717) is 6.42 Å². The molecule has 0 atom stereocenters. The number of hydrogen-bond donors (Lipinski definition) is 1. The SMILES string of the molecule is COc1ccc(CCNCCC(=O)N2CCC(C)CC2)cc1OC. The average Bonchev–Trinajstić information content (AvgIpc) is 2.61. The number of amides is 1. The van der Waals surface area contributed by atoms with Crippen LogP contribution in [-0.2, 0) is 11.2 Å². The highest BCUT2D eigenvalue weighted by Gasteiger charge is 2.19. The summed E-state index contributed by atoms with van der Waals surface area (Å²) in [5, 5.41) is 3.36. The maximum absolute atomic E-state index is 12.1. The molecule has 1 aromatic rings. The molecule has 0 aromatic heterocycles. The van der Waals surface area contributed by atoms with Crippen LogP contribution in [0, 0.1) is 5.92 Å². The molecule has 5 nitrogen and oxygen atoms in total. The van der Waals surface area contributed by atoms with Gasteiger partial charge in [0.25, 0.3) is 0 Å². The number of nitrogens with zero attached hydrogens (tertiary/aromatic N) is 1. The number of carbonyl (C=O) groups excluding carboxylic acids is 1. The van der Waals surface area contributed by atoms with Gasteiger partial charge in [-0.05, 0) is 49.4 Å². The average molecular weight is 334 g/mol. The van der Waals surface area contributed by atoms with E-state index in [1.807, 2.05) is 23.1 Å². The summed E-state index contributed by atoms with van der Waals surface area (Å²) in [5.41, 5.74) is 1.19. The fourth-order valence-electron chi connectivity index (χ4n) is 3.01. The van der Waals surface area contributed by atoms with Crippen LogP contribution in [0.5, 0.6) is 11.5 Å². The Balaban J connectivity index is 1.65. The topological polar surface area (TPSA) is 50.8 Å². The zero-order valence-corrected chi connectivity index (χ0v) is 15.1. The molecule has 0 radical (unpaired) electrons. The Bertz CT molecular complexity index is 525. The van der Waals surface area contributed by atoms with Gasteiger partial charge < -0.3 is 19.7 Å². The van der Waals surface area contributed by atoms with Gasteiger partial charge in [-0.1, -0.05) is 13.0 Å². The Labute approximate surface area is 145 Å². The maximum Gasteiger partial charge on any atom is 0.223 e.